The van der Waals surface area contributed by atoms with Crippen molar-refractivity contribution in [3.63, 3.8) is 0 Å². The minimum Gasteiger partial charge on any atom is -0.488 e. The fourth-order valence-electron chi connectivity index (χ4n) is 3.98. The fourth-order valence-corrected chi connectivity index (χ4v) is 3.98. The second kappa shape index (κ2) is 10.0. The van der Waals surface area contributed by atoms with Crippen LogP contribution < -0.4 is 25.6 Å². The zero-order valence-corrected chi connectivity index (χ0v) is 19.7. The maximum atomic E-state index is 12.3. The average Bonchev–Trinajstić information content (AvgIpc) is 2.89. The molecule has 3 N–H and O–H groups in total. The molecule has 0 spiro atoms. The van der Waals surface area contributed by atoms with E-state index in [9.17, 15) is 4.79 Å². The van der Waals surface area contributed by atoms with Crippen LogP contribution in [0, 0.1) is 0 Å². The number of ether oxygens (including phenoxy) is 2. The van der Waals surface area contributed by atoms with Crippen molar-refractivity contribution in [2.45, 2.75) is 0 Å². The molecule has 2 aliphatic heterocycles. The normalized spacial score (nSPS) is 15.4. The van der Waals surface area contributed by atoms with Gasteiger partial charge in [-0.15, -0.1) is 0 Å². The lowest BCUT2D eigenvalue weighted by atomic mass is 10.2. The van der Waals surface area contributed by atoms with Crippen molar-refractivity contribution in [1.29, 1.82) is 0 Å². The van der Waals surface area contributed by atoms with Gasteiger partial charge in [0.25, 0.3) is 0 Å². The highest BCUT2D eigenvalue weighted by Gasteiger charge is 2.19. The van der Waals surface area contributed by atoms with Crippen LogP contribution in [0.3, 0.4) is 0 Å². The molecule has 0 aliphatic carbocycles. The Morgan fingerprint density at radius 3 is 2.80 bits per heavy atom. The first-order valence-electron chi connectivity index (χ1n) is 11.5. The molecule has 0 atom stereocenters. The number of methoxy groups -OCH3 is 1. The van der Waals surface area contributed by atoms with Crippen molar-refractivity contribution in [2.24, 2.45) is 0 Å². The Balaban J connectivity index is 1.38. The number of benzene rings is 1. The minimum atomic E-state index is -0.546. The fraction of sp³-hybridized carbons (Fsp3) is 0.333. The smallest absolute Gasteiger partial charge is 0.343 e. The number of carbonyl (C=O) groups excluding carboxylic acids is 1. The topological polar surface area (TPSA) is 117 Å². The summed E-state index contributed by atoms with van der Waals surface area (Å²) in [7, 11) is 3.46. The minimum absolute atomic E-state index is 0.202. The predicted octanol–water partition coefficient (Wildman–Crippen LogP) is 2.70. The van der Waals surface area contributed by atoms with Crippen molar-refractivity contribution in [1.82, 2.24) is 19.9 Å². The largest absolute Gasteiger partial charge is 0.488 e. The lowest BCUT2D eigenvalue weighted by Crippen LogP contribution is -2.44. The Hall–Kier alpha value is -4.12. The SMILES string of the molecule is COC(=O)c1cnc(Nc2cccc(N3CCN(C)CC3)c2)nc1Nc1ccc2c(n1)NCCO2. The molecule has 0 bridgehead atoms. The molecule has 5 rings (SSSR count). The molecule has 35 heavy (non-hydrogen) atoms. The summed E-state index contributed by atoms with van der Waals surface area (Å²) in [5.74, 6) is 1.90. The molecule has 0 unspecified atom stereocenters. The number of esters is 1. The second-order valence-electron chi connectivity index (χ2n) is 8.36. The van der Waals surface area contributed by atoms with Gasteiger partial charge in [-0.25, -0.2) is 14.8 Å². The van der Waals surface area contributed by atoms with E-state index in [1.807, 2.05) is 18.2 Å². The van der Waals surface area contributed by atoms with Crippen LogP contribution in [0.25, 0.3) is 0 Å². The monoisotopic (exact) mass is 476 g/mol. The first-order chi connectivity index (χ1) is 17.1. The van der Waals surface area contributed by atoms with Gasteiger partial charge in [0.15, 0.2) is 17.4 Å². The van der Waals surface area contributed by atoms with Crippen LogP contribution in [-0.4, -0.2) is 79.3 Å². The molecule has 1 aromatic carbocycles. The molecule has 0 saturated carbocycles. The molecule has 11 heteroatoms. The molecule has 2 aromatic heterocycles. The summed E-state index contributed by atoms with van der Waals surface area (Å²) in [6.07, 6.45) is 1.44. The number of carbonyl (C=O) groups is 1. The van der Waals surface area contributed by atoms with Crippen LogP contribution >= 0.6 is 0 Å². The first-order valence-corrected chi connectivity index (χ1v) is 11.5. The summed E-state index contributed by atoms with van der Waals surface area (Å²) in [5, 5.41) is 9.56. The van der Waals surface area contributed by atoms with Gasteiger partial charge in [-0.3, -0.25) is 0 Å². The number of aromatic nitrogens is 3. The number of hydrogen-bond acceptors (Lipinski definition) is 11. The zero-order chi connectivity index (χ0) is 24.2. The highest BCUT2D eigenvalue weighted by molar-refractivity contribution is 5.95. The molecule has 11 nitrogen and oxygen atoms in total. The van der Waals surface area contributed by atoms with E-state index in [0.29, 0.717) is 36.5 Å². The summed E-state index contributed by atoms with van der Waals surface area (Å²) >= 11 is 0. The van der Waals surface area contributed by atoms with E-state index in [2.05, 4.69) is 59.9 Å². The van der Waals surface area contributed by atoms with Crippen LogP contribution in [0.1, 0.15) is 10.4 Å². The Bertz CT molecular complexity index is 1210. The highest BCUT2D eigenvalue weighted by Crippen LogP contribution is 2.29. The molecule has 182 valence electrons. The zero-order valence-electron chi connectivity index (χ0n) is 19.7. The van der Waals surface area contributed by atoms with E-state index in [0.717, 1.165) is 37.6 Å². The number of fused-ring (bicyclic) bond motifs is 1. The number of nitrogens with one attached hydrogen (secondary N) is 3. The summed E-state index contributed by atoms with van der Waals surface area (Å²) in [5.41, 5.74) is 2.19. The Labute approximate surface area is 203 Å². The van der Waals surface area contributed by atoms with Crippen molar-refractivity contribution >= 4 is 40.7 Å². The van der Waals surface area contributed by atoms with Gasteiger partial charge in [0, 0.05) is 43.8 Å². The molecule has 0 radical (unpaired) electrons. The number of nitrogens with zero attached hydrogens (tertiary/aromatic N) is 5. The van der Waals surface area contributed by atoms with Crippen LogP contribution in [0.15, 0.2) is 42.6 Å². The van der Waals surface area contributed by atoms with Gasteiger partial charge in [0.05, 0.1) is 13.7 Å². The lowest BCUT2D eigenvalue weighted by Gasteiger charge is -2.34. The van der Waals surface area contributed by atoms with E-state index in [1.165, 1.54) is 13.3 Å². The Morgan fingerprint density at radius 2 is 1.97 bits per heavy atom. The molecule has 1 fully saturated rings. The summed E-state index contributed by atoms with van der Waals surface area (Å²) in [6.45, 7) is 5.28. The highest BCUT2D eigenvalue weighted by atomic mass is 16.5. The van der Waals surface area contributed by atoms with E-state index in [4.69, 9.17) is 9.47 Å². The van der Waals surface area contributed by atoms with E-state index < -0.39 is 5.97 Å². The van der Waals surface area contributed by atoms with Crippen molar-refractivity contribution in [3.8, 4) is 5.75 Å². The number of piperazine rings is 1. The first kappa shape index (κ1) is 22.7. The molecular weight excluding hydrogens is 448 g/mol. The van der Waals surface area contributed by atoms with Crippen LogP contribution in [0.2, 0.25) is 0 Å². The molecule has 1 saturated heterocycles. The average molecular weight is 477 g/mol. The van der Waals surface area contributed by atoms with Crippen molar-refractivity contribution < 1.29 is 14.3 Å². The van der Waals surface area contributed by atoms with Gasteiger partial charge in [0.2, 0.25) is 5.95 Å². The van der Waals surface area contributed by atoms with Crippen molar-refractivity contribution in [3.05, 3.63) is 48.2 Å². The van der Waals surface area contributed by atoms with E-state index in [-0.39, 0.29) is 11.4 Å². The molecule has 3 aromatic rings. The third-order valence-corrected chi connectivity index (χ3v) is 5.92. The Morgan fingerprint density at radius 1 is 1.11 bits per heavy atom. The molecule has 4 heterocycles. The maximum Gasteiger partial charge on any atom is 0.343 e. The Kier molecular flexibility index (Phi) is 6.49. The lowest BCUT2D eigenvalue weighted by molar-refractivity contribution is 0.0601. The summed E-state index contributed by atoms with van der Waals surface area (Å²) in [4.78, 5) is 30.4. The molecule has 2 aliphatic rings. The number of hydrogen-bond donors (Lipinski definition) is 3. The molecular formula is C24H28N8O3. The summed E-state index contributed by atoms with van der Waals surface area (Å²) < 4.78 is 10.5. The second-order valence-corrected chi connectivity index (χ2v) is 8.36. The number of pyridine rings is 1. The van der Waals surface area contributed by atoms with Crippen LogP contribution in [-0.2, 0) is 4.74 Å². The van der Waals surface area contributed by atoms with Gasteiger partial charge in [-0.1, -0.05) is 6.07 Å². The quantitative estimate of drug-likeness (QED) is 0.456. The third kappa shape index (κ3) is 5.19. The van der Waals surface area contributed by atoms with Crippen LogP contribution in [0.5, 0.6) is 5.75 Å². The number of anilines is 6. The van der Waals surface area contributed by atoms with E-state index in [1.54, 1.807) is 6.07 Å². The van der Waals surface area contributed by atoms with Gasteiger partial charge in [0.1, 0.15) is 18.0 Å². The van der Waals surface area contributed by atoms with Gasteiger partial charge >= 0.3 is 5.97 Å². The standard InChI is InChI=1S/C24H28N8O3/c1-31-9-11-32(12-10-31)17-5-3-4-16(14-17)27-24-26-15-18(23(33)34-2)21(30-24)28-20-7-6-19-22(29-20)25-8-13-35-19/h3-7,14-15H,8-13H2,1-2H3,(H3,25,26,27,28,29,30). The summed E-state index contributed by atoms with van der Waals surface area (Å²) in [6, 6.07) is 11.7. The van der Waals surface area contributed by atoms with Gasteiger partial charge in [-0.2, -0.15) is 4.98 Å². The number of rotatable bonds is 6. The third-order valence-electron chi connectivity index (χ3n) is 5.92. The van der Waals surface area contributed by atoms with Gasteiger partial charge in [-0.05, 0) is 37.4 Å². The molecule has 0 amide bonds. The van der Waals surface area contributed by atoms with Crippen LogP contribution in [0.4, 0.5) is 34.8 Å². The van der Waals surface area contributed by atoms with E-state index >= 15 is 0 Å². The van der Waals surface area contributed by atoms with Gasteiger partial charge < -0.3 is 35.2 Å². The predicted molar refractivity (Wildman–Crippen MR) is 134 cm³/mol. The number of likely N-dealkylation sites (N-methyl/N-ethyl adjacent to an activating group) is 1. The van der Waals surface area contributed by atoms with Crippen molar-refractivity contribution in [2.75, 3.05) is 74.3 Å². The maximum absolute atomic E-state index is 12.3.